The van der Waals surface area contributed by atoms with E-state index in [-0.39, 0.29) is 30.5 Å². The van der Waals surface area contributed by atoms with E-state index >= 15 is 0 Å². The van der Waals surface area contributed by atoms with Gasteiger partial charge in [0.2, 0.25) is 17.6 Å². The summed E-state index contributed by atoms with van der Waals surface area (Å²) < 4.78 is 33.3. The molecule has 4 heterocycles. The first-order valence-electron chi connectivity index (χ1n) is 11.3. The summed E-state index contributed by atoms with van der Waals surface area (Å²) >= 11 is 0. The maximum Gasteiger partial charge on any atom is 0.274 e. The maximum atomic E-state index is 13.2. The molecule has 12 heteroatoms. The molecule has 0 spiro atoms. The Balaban J connectivity index is 1.26. The number of hydrogen-bond donors (Lipinski definition) is 2. The minimum atomic E-state index is -2.67. The number of aromatic amines is 1. The lowest BCUT2D eigenvalue weighted by molar-refractivity contribution is -0.0925. The standard InChI is InChI=1S/C24H20F2N8O2/c1-12-3-4-14(21-30-23(36-33-21)16-8-24(25,26)9-16)7-17(12)29-22(35)18-10-27-19-6-5-15(11-34(18)19)20-28-13(2)31-32-20/h3-7,10-11,16H,8-9H2,1-2H3,(H,29,35)(H,28,31,32). The minimum Gasteiger partial charge on any atom is -0.339 e. The molecule has 1 aliphatic carbocycles. The van der Waals surface area contributed by atoms with Gasteiger partial charge in [0.15, 0.2) is 5.82 Å². The van der Waals surface area contributed by atoms with E-state index in [1.165, 1.54) is 6.20 Å². The zero-order chi connectivity index (χ0) is 25.0. The van der Waals surface area contributed by atoms with Crippen molar-refractivity contribution in [1.29, 1.82) is 0 Å². The Morgan fingerprint density at radius 1 is 1.14 bits per heavy atom. The largest absolute Gasteiger partial charge is 0.339 e. The molecule has 0 bridgehead atoms. The van der Waals surface area contributed by atoms with Crippen LogP contribution in [-0.2, 0) is 0 Å². The minimum absolute atomic E-state index is 0.199. The third kappa shape index (κ3) is 3.89. The number of H-pyrrole nitrogens is 1. The number of alkyl halides is 2. The van der Waals surface area contributed by atoms with E-state index in [0.29, 0.717) is 34.2 Å². The second kappa shape index (κ2) is 8.04. The number of halogens is 2. The normalized spacial score (nSPS) is 15.2. The first-order chi connectivity index (χ1) is 17.3. The number of nitrogens with one attached hydrogen (secondary N) is 2. The Bertz CT molecular complexity index is 1610. The Morgan fingerprint density at radius 2 is 1.94 bits per heavy atom. The molecule has 10 nitrogen and oxygen atoms in total. The summed E-state index contributed by atoms with van der Waals surface area (Å²) in [7, 11) is 0. The highest BCUT2D eigenvalue weighted by atomic mass is 19.3. The summed E-state index contributed by atoms with van der Waals surface area (Å²) in [5.74, 6) is -1.80. The topological polar surface area (TPSA) is 127 Å². The molecule has 36 heavy (non-hydrogen) atoms. The quantitative estimate of drug-likeness (QED) is 0.370. The van der Waals surface area contributed by atoms with Crippen LogP contribution in [0.15, 0.2) is 47.2 Å². The van der Waals surface area contributed by atoms with Gasteiger partial charge in [0.25, 0.3) is 5.91 Å². The van der Waals surface area contributed by atoms with Gasteiger partial charge in [-0.3, -0.25) is 14.3 Å². The van der Waals surface area contributed by atoms with Gasteiger partial charge in [-0.15, -0.1) is 0 Å². The summed E-state index contributed by atoms with van der Waals surface area (Å²) in [4.78, 5) is 26.2. The zero-order valence-corrected chi connectivity index (χ0v) is 19.3. The van der Waals surface area contributed by atoms with Crippen LogP contribution < -0.4 is 5.32 Å². The summed E-state index contributed by atoms with van der Waals surface area (Å²) in [6, 6.07) is 8.95. The van der Waals surface area contributed by atoms with E-state index in [4.69, 9.17) is 4.52 Å². The van der Waals surface area contributed by atoms with E-state index in [0.717, 1.165) is 11.1 Å². The van der Waals surface area contributed by atoms with Crippen molar-refractivity contribution in [3.63, 3.8) is 0 Å². The fourth-order valence-electron chi connectivity index (χ4n) is 4.19. The zero-order valence-electron chi connectivity index (χ0n) is 19.3. The number of hydrogen-bond acceptors (Lipinski definition) is 7. The van der Waals surface area contributed by atoms with Crippen LogP contribution in [-0.4, -0.2) is 46.5 Å². The molecule has 5 aromatic rings. The third-order valence-corrected chi connectivity index (χ3v) is 6.22. The maximum absolute atomic E-state index is 13.2. The molecule has 0 unspecified atom stereocenters. The summed E-state index contributed by atoms with van der Waals surface area (Å²) in [5.41, 5.74) is 3.63. The lowest BCUT2D eigenvalue weighted by atomic mass is 9.81. The van der Waals surface area contributed by atoms with Crippen molar-refractivity contribution in [3.05, 3.63) is 65.7 Å². The Kier molecular flexibility index (Phi) is 4.92. The van der Waals surface area contributed by atoms with E-state index < -0.39 is 11.8 Å². The molecule has 1 saturated carbocycles. The highest BCUT2D eigenvalue weighted by Gasteiger charge is 2.48. The number of anilines is 1. The number of fused-ring (bicyclic) bond motifs is 1. The number of benzene rings is 1. The fourth-order valence-corrected chi connectivity index (χ4v) is 4.19. The van der Waals surface area contributed by atoms with Crippen LogP contribution in [0.2, 0.25) is 0 Å². The van der Waals surface area contributed by atoms with Gasteiger partial charge in [-0.25, -0.2) is 18.7 Å². The molecular formula is C24H20F2N8O2. The van der Waals surface area contributed by atoms with Crippen LogP contribution in [0.3, 0.4) is 0 Å². The van der Waals surface area contributed by atoms with Crippen LogP contribution in [0, 0.1) is 13.8 Å². The number of pyridine rings is 1. The number of carbonyl (C=O) groups excluding carboxylic acids is 1. The first kappa shape index (κ1) is 22.0. The highest BCUT2D eigenvalue weighted by Crippen LogP contribution is 2.48. The van der Waals surface area contributed by atoms with Crippen molar-refractivity contribution < 1.29 is 18.1 Å². The molecule has 1 aromatic carbocycles. The third-order valence-electron chi connectivity index (χ3n) is 6.22. The average molecular weight is 490 g/mol. The van der Waals surface area contributed by atoms with Crippen LogP contribution in [0.4, 0.5) is 14.5 Å². The monoisotopic (exact) mass is 490 g/mol. The summed E-state index contributed by atoms with van der Waals surface area (Å²) in [6.45, 7) is 3.67. The average Bonchev–Trinajstić information content (AvgIpc) is 3.58. The molecule has 1 aliphatic rings. The van der Waals surface area contributed by atoms with Crippen molar-refractivity contribution in [2.24, 2.45) is 0 Å². The van der Waals surface area contributed by atoms with Crippen LogP contribution in [0.5, 0.6) is 0 Å². The number of aromatic nitrogens is 7. The van der Waals surface area contributed by atoms with E-state index in [9.17, 15) is 13.6 Å². The Labute approximate surface area is 202 Å². The van der Waals surface area contributed by atoms with Gasteiger partial charge < -0.3 is 9.84 Å². The van der Waals surface area contributed by atoms with Crippen molar-refractivity contribution in [2.45, 2.75) is 38.5 Å². The van der Waals surface area contributed by atoms with Crippen LogP contribution in [0.25, 0.3) is 28.4 Å². The SMILES string of the molecule is Cc1nc(-c2ccc3ncc(C(=O)Nc4cc(-c5noc(C6CC(F)(F)C6)n5)ccc4C)n3c2)n[nH]1. The number of imidazole rings is 1. The molecule has 2 N–H and O–H groups in total. The Hall–Kier alpha value is -4.48. The van der Waals surface area contributed by atoms with Crippen LogP contribution >= 0.6 is 0 Å². The molecule has 0 radical (unpaired) electrons. The summed E-state index contributed by atoms with van der Waals surface area (Å²) in [5, 5.41) is 13.8. The second-order valence-corrected chi connectivity index (χ2v) is 8.94. The van der Waals surface area contributed by atoms with Gasteiger partial charge in [0.05, 0.1) is 6.20 Å². The molecule has 0 saturated heterocycles. The molecule has 1 fully saturated rings. The predicted molar refractivity (Wildman–Crippen MR) is 125 cm³/mol. The molecule has 1 amide bonds. The van der Waals surface area contributed by atoms with E-state index in [1.54, 1.807) is 28.8 Å². The first-order valence-corrected chi connectivity index (χ1v) is 11.3. The van der Waals surface area contributed by atoms with Gasteiger partial charge in [-0.1, -0.05) is 17.3 Å². The molecule has 6 rings (SSSR count). The molecular weight excluding hydrogens is 470 g/mol. The van der Waals surface area contributed by atoms with Crippen molar-refractivity contribution in [3.8, 4) is 22.8 Å². The molecule has 182 valence electrons. The van der Waals surface area contributed by atoms with Crippen molar-refractivity contribution in [2.75, 3.05) is 5.32 Å². The number of rotatable bonds is 5. The second-order valence-electron chi connectivity index (χ2n) is 8.94. The predicted octanol–water partition coefficient (Wildman–Crippen LogP) is 4.55. The van der Waals surface area contributed by atoms with E-state index in [2.05, 4.69) is 35.6 Å². The lowest BCUT2D eigenvalue weighted by Crippen LogP contribution is -2.33. The fraction of sp³-hybridized carbons (Fsp3) is 0.250. The van der Waals surface area contributed by atoms with Gasteiger partial charge >= 0.3 is 0 Å². The van der Waals surface area contributed by atoms with Gasteiger partial charge in [-0.05, 0) is 37.6 Å². The Morgan fingerprint density at radius 3 is 2.69 bits per heavy atom. The molecule has 0 aliphatic heterocycles. The number of carbonyl (C=O) groups is 1. The van der Waals surface area contributed by atoms with Gasteiger partial charge in [0.1, 0.15) is 17.2 Å². The number of aryl methyl sites for hydroxylation is 2. The summed E-state index contributed by atoms with van der Waals surface area (Å²) in [6.07, 6.45) is 2.67. The highest BCUT2D eigenvalue weighted by molar-refractivity contribution is 6.04. The van der Waals surface area contributed by atoms with Crippen molar-refractivity contribution in [1.82, 2.24) is 34.7 Å². The van der Waals surface area contributed by atoms with E-state index in [1.807, 2.05) is 26.0 Å². The van der Waals surface area contributed by atoms with Crippen molar-refractivity contribution >= 4 is 17.2 Å². The molecule has 0 atom stereocenters. The number of amides is 1. The lowest BCUT2D eigenvalue weighted by Gasteiger charge is -2.31. The number of nitrogens with zero attached hydrogens (tertiary/aromatic N) is 6. The molecule has 4 aromatic heterocycles. The van der Waals surface area contributed by atoms with Gasteiger partial charge in [-0.2, -0.15) is 10.1 Å². The van der Waals surface area contributed by atoms with Gasteiger partial charge in [0, 0.05) is 41.8 Å². The van der Waals surface area contributed by atoms with Crippen LogP contribution in [0.1, 0.15) is 46.5 Å². The smallest absolute Gasteiger partial charge is 0.274 e.